The molecule has 0 fully saturated rings. The number of methoxy groups -OCH3 is 2. The van der Waals surface area contributed by atoms with E-state index < -0.39 is 0 Å². The van der Waals surface area contributed by atoms with Gasteiger partial charge in [0, 0.05) is 17.8 Å². The molecule has 0 amide bonds. The summed E-state index contributed by atoms with van der Waals surface area (Å²) in [6, 6.07) is 8.57. The number of ether oxygens (including phenoxy) is 3. The SMILES string of the molecule is COc1ccnc(COc2ccc(C=O)cc2)c1OC. The molecule has 2 rings (SSSR count). The smallest absolute Gasteiger partial charge is 0.185 e. The molecule has 2 aromatic rings. The number of pyridine rings is 1. The minimum absolute atomic E-state index is 0.251. The van der Waals surface area contributed by atoms with Gasteiger partial charge in [-0.05, 0) is 24.3 Å². The van der Waals surface area contributed by atoms with Gasteiger partial charge in [0.25, 0.3) is 0 Å². The van der Waals surface area contributed by atoms with Gasteiger partial charge in [0.2, 0.25) is 0 Å². The van der Waals surface area contributed by atoms with Crippen LogP contribution in [0.1, 0.15) is 16.1 Å². The van der Waals surface area contributed by atoms with E-state index in [0.717, 1.165) is 6.29 Å². The first-order valence-corrected chi connectivity index (χ1v) is 6.02. The molecule has 0 aliphatic carbocycles. The first-order chi connectivity index (χ1) is 9.78. The summed E-state index contributed by atoms with van der Waals surface area (Å²) in [7, 11) is 3.13. The highest BCUT2D eigenvalue weighted by Crippen LogP contribution is 2.29. The Kier molecular flexibility index (Phi) is 4.55. The molecule has 5 heteroatoms. The molecule has 0 spiro atoms. The Morgan fingerprint density at radius 1 is 1.10 bits per heavy atom. The van der Waals surface area contributed by atoms with Crippen molar-refractivity contribution in [3.05, 3.63) is 47.8 Å². The fourth-order valence-corrected chi connectivity index (χ4v) is 1.75. The predicted molar refractivity (Wildman–Crippen MR) is 73.5 cm³/mol. The number of hydrogen-bond donors (Lipinski definition) is 0. The van der Waals surface area contributed by atoms with Crippen molar-refractivity contribution in [2.24, 2.45) is 0 Å². The molecule has 104 valence electrons. The van der Waals surface area contributed by atoms with E-state index in [2.05, 4.69) is 4.98 Å². The van der Waals surface area contributed by atoms with Crippen LogP contribution in [0.3, 0.4) is 0 Å². The predicted octanol–water partition coefficient (Wildman–Crippen LogP) is 2.49. The van der Waals surface area contributed by atoms with Crippen molar-refractivity contribution in [2.45, 2.75) is 6.61 Å². The number of hydrogen-bond acceptors (Lipinski definition) is 5. The molecule has 5 nitrogen and oxygen atoms in total. The van der Waals surface area contributed by atoms with Crippen molar-refractivity contribution in [3.63, 3.8) is 0 Å². The third-order valence-corrected chi connectivity index (χ3v) is 2.76. The largest absolute Gasteiger partial charge is 0.493 e. The van der Waals surface area contributed by atoms with E-state index in [4.69, 9.17) is 14.2 Å². The van der Waals surface area contributed by atoms with Gasteiger partial charge in [-0.3, -0.25) is 9.78 Å². The van der Waals surface area contributed by atoms with Crippen molar-refractivity contribution in [1.29, 1.82) is 0 Å². The maximum Gasteiger partial charge on any atom is 0.185 e. The lowest BCUT2D eigenvalue weighted by Crippen LogP contribution is -2.03. The molecule has 0 saturated heterocycles. The molecule has 0 radical (unpaired) electrons. The topological polar surface area (TPSA) is 57.7 Å². The zero-order valence-electron chi connectivity index (χ0n) is 11.3. The highest BCUT2D eigenvalue weighted by Gasteiger charge is 2.11. The normalized spacial score (nSPS) is 9.90. The summed E-state index contributed by atoms with van der Waals surface area (Å²) in [4.78, 5) is 14.8. The van der Waals surface area contributed by atoms with E-state index in [0.29, 0.717) is 28.5 Å². The van der Waals surface area contributed by atoms with Crippen LogP contribution >= 0.6 is 0 Å². The van der Waals surface area contributed by atoms with E-state index in [-0.39, 0.29) is 6.61 Å². The summed E-state index contributed by atoms with van der Waals surface area (Å²) in [6.07, 6.45) is 2.42. The van der Waals surface area contributed by atoms with Crippen molar-refractivity contribution in [3.8, 4) is 17.2 Å². The van der Waals surface area contributed by atoms with Crippen molar-refractivity contribution in [2.75, 3.05) is 14.2 Å². The fraction of sp³-hybridized carbons (Fsp3) is 0.200. The van der Waals surface area contributed by atoms with E-state index in [1.807, 2.05) is 0 Å². The van der Waals surface area contributed by atoms with Crippen LogP contribution in [0, 0.1) is 0 Å². The molecule has 0 N–H and O–H groups in total. The van der Waals surface area contributed by atoms with Crippen molar-refractivity contribution < 1.29 is 19.0 Å². The van der Waals surface area contributed by atoms with Gasteiger partial charge in [0.15, 0.2) is 11.5 Å². The van der Waals surface area contributed by atoms with E-state index in [1.165, 1.54) is 0 Å². The number of aldehydes is 1. The lowest BCUT2D eigenvalue weighted by atomic mass is 10.2. The van der Waals surface area contributed by atoms with Crippen LogP contribution < -0.4 is 14.2 Å². The zero-order chi connectivity index (χ0) is 14.4. The minimum Gasteiger partial charge on any atom is -0.493 e. The molecule has 1 aromatic carbocycles. The lowest BCUT2D eigenvalue weighted by Gasteiger charge is -2.12. The van der Waals surface area contributed by atoms with Crippen molar-refractivity contribution >= 4 is 6.29 Å². The second-order valence-corrected chi connectivity index (χ2v) is 3.97. The van der Waals surface area contributed by atoms with E-state index >= 15 is 0 Å². The average molecular weight is 273 g/mol. The highest BCUT2D eigenvalue weighted by molar-refractivity contribution is 5.74. The van der Waals surface area contributed by atoms with Crippen LogP contribution in [-0.2, 0) is 6.61 Å². The average Bonchev–Trinajstić information content (AvgIpc) is 2.52. The maximum absolute atomic E-state index is 10.6. The Hall–Kier alpha value is -2.56. The highest BCUT2D eigenvalue weighted by atomic mass is 16.5. The summed E-state index contributed by atoms with van der Waals surface area (Å²) >= 11 is 0. The summed E-state index contributed by atoms with van der Waals surface area (Å²) in [5.74, 6) is 1.82. The van der Waals surface area contributed by atoms with Crippen LogP contribution in [0.5, 0.6) is 17.2 Å². The number of carbonyl (C=O) groups is 1. The van der Waals surface area contributed by atoms with Gasteiger partial charge in [-0.25, -0.2) is 0 Å². The number of nitrogens with zero attached hydrogens (tertiary/aromatic N) is 1. The first kappa shape index (κ1) is 13.9. The maximum atomic E-state index is 10.6. The number of benzene rings is 1. The molecular formula is C15H15NO4. The number of rotatable bonds is 6. The van der Waals surface area contributed by atoms with Crippen LogP contribution in [0.2, 0.25) is 0 Å². The second-order valence-electron chi connectivity index (χ2n) is 3.97. The molecule has 20 heavy (non-hydrogen) atoms. The molecule has 0 bridgehead atoms. The Labute approximate surface area is 117 Å². The molecule has 0 aliphatic rings. The molecule has 1 heterocycles. The zero-order valence-corrected chi connectivity index (χ0v) is 11.3. The van der Waals surface area contributed by atoms with Gasteiger partial charge in [0.05, 0.1) is 14.2 Å². The third-order valence-electron chi connectivity index (χ3n) is 2.76. The molecular weight excluding hydrogens is 258 g/mol. The third kappa shape index (κ3) is 3.06. The first-order valence-electron chi connectivity index (χ1n) is 6.02. The molecule has 0 aliphatic heterocycles. The summed E-state index contributed by atoms with van der Waals surface area (Å²) < 4.78 is 16.1. The van der Waals surface area contributed by atoms with Crippen LogP contribution in [0.15, 0.2) is 36.5 Å². The van der Waals surface area contributed by atoms with Crippen LogP contribution in [0.25, 0.3) is 0 Å². The standard InChI is InChI=1S/C15H15NO4/c1-18-14-7-8-16-13(15(14)19-2)10-20-12-5-3-11(9-17)4-6-12/h3-9H,10H2,1-2H3. The Morgan fingerprint density at radius 2 is 1.85 bits per heavy atom. The number of carbonyl (C=O) groups excluding carboxylic acids is 1. The van der Waals surface area contributed by atoms with E-state index in [9.17, 15) is 4.79 Å². The second kappa shape index (κ2) is 6.56. The Balaban J connectivity index is 2.11. The summed E-state index contributed by atoms with van der Waals surface area (Å²) in [5.41, 5.74) is 1.25. The van der Waals surface area contributed by atoms with Gasteiger partial charge in [-0.2, -0.15) is 0 Å². The van der Waals surface area contributed by atoms with Gasteiger partial charge in [-0.1, -0.05) is 0 Å². The lowest BCUT2D eigenvalue weighted by molar-refractivity contribution is 0.112. The molecule has 0 saturated carbocycles. The minimum atomic E-state index is 0.251. The van der Waals surface area contributed by atoms with E-state index in [1.54, 1.807) is 50.7 Å². The quantitative estimate of drug-likeness (QED) is 0.757. The number of aromatic nitrogens is 1. The van der Waals surface area contributed by atoms with Gasteiger partial charge < -0.3 is 14.2 Å². The summed E-state index contributed by atoms with van der Waals surface area (Å²) in [6.45, 7) is 0.251. The molecule has 1 aromatic heterocycles. The molecule has 0 unspecified atom stereocenters. The van der Waals surface area contributed by atoms with Crippen LogP contribution in [-0.4, -0.2) is 25.5 Å². The van der Waals surface area contributed by atoms with Gasteiger partial charge >= 0.3 is 0 Å². The summed E-state index contributed by atoms with van der Waals surface area (Å²) in [5, 5.41) is 0. The van der Waals surface area contributed by atoms with Crippen LogP contribution in [0.4, 0.5) is 0 Å². The Bertz CT molecular complexity index is 581. The van der Waals surface area contributed by atoms with Crippen molar-refractivity contribution in [1.82, 2.24) is 4.98 Å². The van der Waals surface area contributed by atoms with Gasteiger partial charge in [-0.15, -0.1) is 0 Å². The Morgan fingerprint density at radius 3 is 2.45 bits per heavy atom. The van der Waals surface area contributed by atoms with Gasteiger partial charge in [0.1, 0.15) is 24.3 Å². The molecule has 0 atom stereocenters. The monoisotopic (exact) mass is 273 g/mol. The fourth-order valence-electron chi connectivity index (χ4n) is 1.75.